The zero-order valence-electron chi connectivity index (χ0n) is 7.21. The molecule has 0 amide bonds. The molecule has 0 saturated carbocycles. The minimum absolute atomic E-state index is 0.205. The van der Waals surface area contributed by atoms with Crippen LogP contribution in [0.5, 0.6) is 5.75 Å². The Hall–Kier alpha value is -0.980. The van der Waals surface area contributed by atoms with Gasteiger partial charge in [-0.3, -0.25) is 0 Å². The molecule has 0 saturated heterocycles. The van der Waals surface area contributed by atoms with Crippen LogP contribution in [0.25, 0.3) is 0 Å². The molecule has 0 aromatic heterocycles. The molecule has 0 unspecified atom stereocenters. The average molecular weight is 305 g/mol. The van der Waals surface area contributed by atoms with Crippen LogP contribution < -0.4 is 10.5 Å². The summed E-state index contributed by atoms with van der Waals surface area (Å²) in [7, 11) is 0. The first kappa shape index (κ1) is 9.57. The number of rotatable bonds is 1. The Balaban J connectivity index is 2.70. The van der Waals surface area contributed by atoms with Gasteiger partial charge in [-0.1, -0.05) is 0 Å². The summed E-state index contributed by atoms with van der Waals surface area (Å²) in [5, 5.41) is 8.94. The predicted molar refractivity (Wildman–Crippen MR) is 59.7 cm³/mol. The Kier molecular flexibility index (Phi) is 2.26. The molecule has 74 valence electrons. The van der Waals surface area contributed by atoms with Crippen LogP contribution in [-0.4, -0.2) is 17.7 Å². The number of hydrogen-bond donors (Lipinski definition) is 2. The Bertz CT molecular complexity index is 417. The van der Waals surface area contributed by atoms with Crippen molar-refractivity contribution in [2.24, 2.45) is 0 Å². The number of carbonyl (C=O) groups is 1. The highest BCUT2D eigenvalue weighted by Crippen LogP contribution is 2.36. The van der Waals surface area contributed by atoms with E-state index < -0.39 is 5.97 Å². The molecule has 0 aliphatic carbocycles. The number of nitrogen functional groups attached to an aromatic ring is 1. The van der Waals surface area contributed by atoms with Gasteiger partial charge < -0.3 is 15.6 Å². The van der Waals surface area contributed by atoms with E-state index in [0.29, 0.717) is 24.5 Å². The lowest BCUT2D eigenvalue weighted by atomic mass is 10.1. The van der Waals surface area contributed by atoms with Gasteiger partial charge in [-0.25, -0.2) is 4.79 Å². The van der Waals surface area contributed by atoms with Crippen LogP contribution in [0.1, 0.15) is 15.9 Å². The largest absolute Gasteiger partial charge is 0.492 e. The Morgan fingerprint density at radius 3 is 3.00 bits per heavy atom. The van der Waals surface area contributed by atoms with Gasteiger partial charge in [0.2, 0.25) is 0 Å². The molecule has 1 aromatic rings. The lowest BCUT2D eigenvalue weighted by Gasteiger charge is -2.08. The molecule has 0 radical (unpaired) electrons. The van der Waals surface area contributed by atoms with Gasteiger partial charge in [0.15, 0.2) is 0 Å². The summed E-state index contributed by atoms with van der Waals surface area (Å²) < 4.78 is 6.03. The van der Waals surface area contributed by atoms with Crippen molar-refractivity contribution in [3.05, 3.63) is 20.8 Å². The van der Waals surface area contributed by atoms with Gasteiger partial charge in [0, 0.05) is 15.6 Å². The molecule has 0 fully saturated rings. The molecule has 14 heavy (non-hydrogen) atoms. The summed E-state index contributed by atoms with van der Waals surface area (Å²) in [6.07, 6.45) is 0.693. The number of halogens is 1. The van der Waals surface area contributed by atoms with E-state index >= 15 is 0 Å². The van der Waals surface area contributed by atoms with Crippen molar-refractivity contribution < 1.29 is 14.6 Å². The molecule has 1 aromatic carbocycles. The van der Waals surface area contributed by atoms with E-state index in [0.717, 1.165) is 9.13 Å². The molecule has 0 spiro atoms. The Morgan fingerprint density at radius 1 is 1.64 bits per heavy atom. The van der Waals surface area contributed by atoms with Gasteiger partial charge in [0.1, 0.15) is 11.3 Å². The van der Waals surface area contributed by atoms with Gasteiger partial charge in [-0.15, -0.1) is 0 Å². The number of fused-ring (bicyclic) bond motifs is 1. The minimum Gasteiger partial charge on any atom is -0.492 e. The maximum atomic E-state index is 10.9. The maximum Gasteiger partial charge on any atom is 0.339 e. The third kappa shape index (κ3) is 1.31. The van der Waals surface area contributed by atoms with Crippen LogP contribution in [0.3, 0.4) is 0 Å². The van der Waals surface area contributed by atoms with E-state index in [-0.39, 0.29) is 5.56 Å². The fourth-order valence-corrected chi connectivity index (χ4v) is 2.16. The third-order valence-electron chi connectivity index (χ3n) is 2.20. The molecule has 0 bridgehead atoms. The van der Waals surface area contributed by atoms with Crippen molar-refractivity contribution in [3.63, 3.8) is 0 Å². The van der Waals surface area contributed by atoms with Crippen molar-refractivity contribution in [1.82, 2.24) is 0 Å². The van der Waals surface area contributed by atoms with Crippen LogP contribution in [0.2, 0.25) is 0 Å². The molecule has 2 rings (SSSR count). The Labute approximate surface area is 94.2 Å². The van der Waals surface area contributed by atoms with Crippen LogP contribution in [-0.2, 0) is 6.42 Å². The number of benzene rings is 1. The summed E-state index contributed by atoms with van der Waals surface area (Å²) in [6.45, 7) is 0.514. The summed E-state index contributed by atoms with van der Waals surface area (Å²) >= 11 is 2.03. The lowest BCUT2D eigenvalue weighted by Crippen LogP contribution is -2.03. The first-order chi connectivity index (χ1) is 6.61. The van der Waals surface area contributed by atoms with Gasteiger partial charge in [-0.05, 0) is 28.7 Å². The van der Waals surface area contributed by atoms with E-state index in [4.69, 9.17) is 15.6 Å². The second kappa shape index (κ2) is 3.30. The number of ether oxygens (including phenoxy) is 1. The molecule has 5 heteroatoms. The SMILES string of the molecule is Nc1c(I)cc(C(=O)O)c2c1CCO2. The van der Waals surface area contributed by atoms with Crippen LogP contribution in [0.4, 0.5) is 5.69 Å². The molecule has 1 aliphatic rings. The number of aromatic carboxylic acids is 1. The van der Waals surface area contributed by atoms with Crippen molar-refractivity contribution in [1.29, 1.82) is 0 Å². The summed E-state index contributed by atoms with van der Waals surface area (Å²) in [4.78, 5) is 10.9. The number of hydrogen-bond acceptors (Lipinski definition) is 3. The highest BCUT2D eigenvalue weighted by molar-refractivity contribution is 14.1. The number of carboxylic acid groups (broad SMARTS) is 1. The van der Waals surface area contributed by atoms with E-state index in [1.807, 2.05) is 22.6 Å². The topological polar surface area (TPSA) is 72.6 Å². The fourth-order valence-electron chi connectivity index (χ4n) is 1.53. The van der Waals surface area contributed by atoms with Gasteiger partial charge in [-0.2, -0.15) is 0 Å². The first-order valence-corrected chi connectivity index (χ1v) is 5.16. The normalized spacial score (nSPS) is 13.5. The molecular weight excluding hydrogens is 297 g/mol. The maximum absolute atomic E-state index is 10.9. The molecule has 0 atom stereocenters. The summed E-state index contributed by atoms with van der Waals surface area (Å²) in [6, 6.07) is 1.54. The van der Waals surface area contributed by atoms with Gasteiger partial charge >= 0.3 is 5.97 Å². The average Bonchev–Trinajstić information content (AvgIpc) is 2.59. The molecular formula is C9H8INO3. The highest BCUT2D eigenvalue weighted by Gasteiger charge is 2.24. The molecule has 3 N–H and O–H groups in total. The predicted octanol–water partition coefficient (Wildman–Crippen LogP) is 1.51. The quantitative estimate of drug-likeness (QED) is 0.609. The van der Waals surface area contributed by atoms with Gasteiger partial charge in [0.05, 0.1) is 12.3 Å². The number of carboxylic acids is 1. The van der Waals surface area contributed by atoms with Crippen molar-refractivity contribution >= 4 is 34.2 Å². The van der Waals surface area contributed by atoms with Crippen LogP contribution in [0, 0.1) is 3.57 Å². The first-order valence-electron chi connectivity index (χ1n) is 4.08. The van der Waals surface area contributed by atoms with Gasteiger partial charge in [0.25, 0.3) is 0 Å². The van der Waals surface area contributed by atoms with E-state index in [1.165, 1.54) is 0 Å². The molecule has 1 heterocycles. The van der Waals surface area contributed by atoms with Crippen molar-refractivity contribution in [2.45, 2.75) is 6.42 Å². The summed E-state index contributed by atoms with van der Waals surface area (Å²) in [5.41, 5.74) is 7.50. The summed E-state index contributed by atoms with van der Waals surface area (Å²) in [5.74, 6) is -0.531. The lowest BCUT2D eigenvalue weighted by molar-refractivity contribution is 0.0693. The van der Waals surface area contributed by atoms with Crippen molar-refractivity contribution in [2.75, 3.05) is 12.3 Å². The van der Waals surface area contributed by atoms with E-state index in [9.17, 15) is 4.79 Å². The number of anilines is 1. The molecule has 1 aliphatic heterocycles. The second-order valence-corrected chi connectivity index (χ2v) is 4.19. The van der Waals surface area contributed by atoms with Crippen molar-refractivity contribution in [3.8, 4) is 5.75 Å². The van der Waals surface area contributed by atoms with Crippen LogP contribution >= 0.6 is 22.6 Å². The minimum atomic E-state index is -0.971. The second-order valence-electron chi connectivity index (χ2n) is 3.03. The number of nitrogens with two attached hydrogens (primary N) is 1. The molecule has 4 nitrogen and oxygen atoms in total. The monoisotopic (exact) mass is 305 g/mol. The zero-order chi connectivity index (χ0) is 10.3. The van der Waals surface area contributed by atoms with E-state index in [1.54, 1.807) is 6.07 Å². The van der Waals surface area contributed by atoms with E-state index in [2.05, 4.69) is 0 Å². The standard InChI is InChI=1S/C9H8INO3/c10-6-3-5(9(12)13)8-4(7(6)11)1-2-14-8/h3H,1-2,11H2,(H,12,13). The Morgan fingerprint density at radius 2 is 2.36 bits per heavy atom. The smallest absolute Gasteiger partial charge is 0.339 e. The van der Waals surface area contributed by atoms with Crippen LogP contribution in [0.15, 0.2) is 6.07 Å². The third-order valence-corrected chi connectivity index (χ3v) is 3.09. The highest BCUT2D eigenvalue weighted by atomic mass is 127. The fraction of sp³-hybridized carbons (Fsp3) is 0.222. The zero-order valence-corrected chi connectivity index (χ0v) is 9.37.